The minimum absolute atomic E-state index is 0.00400. The van der Waals surface area contributed by atoms with Gasteiger partial charge >= 0.3 is 6.03 Å². The van der Waals surface area contributed by atoms with E-state index >= 15 is 0 Å². The fourth-order valence-corrected chi connectivity index (χ4v) is 7.22. The predicted octanol–water partition coefficient (Wildman–Crippen LogP) is 3.77. The molecule has 0 radical (unpaired) electrons. The smallest absolute Gasteiger partial charge is 0.315 e. The lowest BCUT2D eigenvalue weighted by Crippen LogP contribution is -2.36. The van der Waals surface area contributed by atoms with Gasteiger partial charge in [-0.25, -0.2) is 4.79 Å². The van der Waals surface area contributed by atoms with Gasteiger partial charge in [0.05, 0.1) is 71.4 Å². The zero-order chi connectivity index (χ0) is 35.9. The van der Waals surface area contributed by atoms with Crippen LogP contribution in [-0.4, -0.2) is 132 Å². The lowest BCUT2D eigenvalue weighted by atomic mass is 10.0. The Bertz CT molecular complexity index is 915. The van der Waals surface area contributed by atoms with Gasteiger partial charge in [-0.2, -0.15) is 11.8 Å². The number of nitrogens with one attached hydrogen (secondary N) is 2. The number of Topliss-reactive ketones (excluding diaryl/α,β-unsaturated/α-hetero) is 3. The van der Waals surface area contributed by atoms with Crippen LogP contribution in [0, 0.1) is 0 Å². The van der Waals surface area contributed by atoms with Crippen LogP contribution >= 0.6 is 11.8 Å². The Hall–Kier alpha value is -1.65. The molecule has 14 heteroatoms. The number of thioether (sulfide) groups is 1. The summed E-state index contributed by atoms with van der Waals surface area (Å²) < 4.78 is 33.0. The summed E-state index contributed by atoms with van der Waals surface area (Å²) in [7, 11) is 0. The molecule has 2 aliphatic heterocycles. The topological polar surface area (TPSA) is 174 Å². The second kappa shape index (κ2) is 30.9. The molecule has 2 fully saturated rings. The number of rotatable bonds is 37. The molecule has 0 aromatic heterocycles. The first kappa shape index (κ1) is 44.5. The quantitative estimate of drug-likeness (QED) is 0.0481. The Morgan fingerprint density at radius 3 is 1.46 bits per heavy atom. The average molecular weight is 732 g/mol. The molecule has 3 atom stereocenters. The molecule has 0 aliphatic carbocycles. The Balaban J connectivity index is 1.22. The first-order chi connectivity index (χ1) is 24.5. The van der Waals surface area contributed by atoms with Crippen LogP contribution in [0.5, 0.6) is 0 Å². The second-order valence-corrected chi connectivity index (χ2v) is 14.1. The van der Waals surface area contributed by atoms with Crippen molar-refractivity contribution in [2.24, 2.45) is 5.73 Å². The maximum absolute atomic E-state index is 12.2. The Morgan fingerprint density at radius 1 is 0.560 bits per heavy atom. The molecule has 2 saturated heterocycles. The van der Waals surface area contributed by atoms with Gasteiger partial charge < -0.3 is 44.8 Å². The van der Waals surface area contributed by atoms with Crippen molar-refractivity contribution in [2.75, 3.05) is 91.6 Å². The van der Waals surface area contributed by atoms with Crippen molar-refractivity contribution >= 4 is 35.1 Å². The van der Waals surface area contributed by atoms with Crippen LogP contribution in [-0.2, 0) is 42.8 Å². The zero-order valence-corrected chi connectivity index (χ0v) is 31.1. The van der Waals surface area contributed by atoms with Crippen LogP contribution in [0.15, 0.2) is 0 Å². The number of carbonyl (C=O) groups excluding carboxylic acids is 4. The Kier molecular flexibility index (Phi) is 27.5. The molecule has 2 aliphatic rings. The molecular formula is C36H65N3O10S. The molecular weight excluding hydrogens is 666 g/mol. The summed E-state index contributed by atoms with van der Waals surface area (Å²) in [5.74, 6) is 1.28. The molecule has 2 unspecified atom stereocenters. The maximum atomic E-state index is 12.2. The van der Waals surface area contributed by atoms with Crippen molar-refractivity contribution in [1.82, 2.24) is 10.6 Å². The SMILES string of the molecule is NCCCOCCOCCOCCCCC(=O)CC(=O)CCCCOCCOCCOCCCCC(=O)CCCC[C@@H]1SCC2NC(=O)NC21. The predicted molar refractivity (Wildman–Crippen MR) is 194 cm³/mol. The van der Waals surface area contributed by atoms with Crippen LogP contribution in [0.1, 0.15) is 96.3 Å². The van der Waals surface area contributed by atoms with Gasteiger partial charge in [0.1, 0.15) is 17.3 Å². The standard InChI is InChI=1S/C36H65N3O10S/c37-15-9-19-47-23-27-49-26-22-46-18-8-5-13-32(42)28-31(41)12-4-7-17-45-21-25-48-24-20-44-16-6-3-11-30(40)10-1-2-14-34-35-33(29-50-34)38-36(43)39-35/h33-35H,1-29,37H2,(H2,38,39,43)/t33?,34-,35?/m0/s1. The van der Waals surface area contributed by atoms with Gasteiger partial charge in [-0.15, -0.1) is 0 Å². The summed E-state index contributed by atoms with van der Waals surface area (Å²) >= 11 is 1.92. The van der Waals surface area contributed by atoms with Gasteiger partial charge in [-0.1, -0.05) is 6.42 Å². The first-order valence-corrected chi connectivity index (χ1v) is 19.9. The number of carbonyl (C=O) groups is 4. The van der Waals surface area contributed by atoms with Crippen molar-refractivity contribution in [3.63, 3.8) is 0 Å². The number of nitrogens with two attached hydrogens (primary N) is 1. The van der Waals surface area contributed by atoms with E-state index in [1.165, 1.54) is 0 Å². The number of ketones is 3. The van der Waals surface area contributed by atoms with Gasteiger partial charge in [0.25, 0.3) is 0 Å². The van der Waals surface area contributed by atoms with Crippen molar-refractivity contribution in [3.05, 3.63) is 0 Å². The van der Waals surface area contributed by atoms with E-state index in [-0.39, 0.29) is 36.1 Å². The summed E-state index contributed by atoms with van der Waals surface area (Å²) in [5.41, 5.74) is 5.40. The summed E-state index contributed by atoms with van der Waals surface area (Å²) in [4.78, 5) is 47.8. The van der Waals surface area contributed by atoms with Crippen molar-refractivity contribution < 1.29 is 47.6 Å². The number of urea groups is 1. The number of hydrogen-bond acceptors (Lipinski definition) is 12. The van der Waals surface area contributed by atoms with Crippen LogP contribution in [0.3, 0.4) is 0 Å². The average Bonchev–Trinajstić information content (AvgIpc) is 3.65. The molecule has 2 rings (SSSR count). The molecule has 0 saturated carbocycles. The third kappa shape index (κ3) is 23.8. The summed E-state index contributed by atoms with van der Waals surface area (Å²) in [6.45, 7) is 7.17. The molecule has 290 valence electrons. The Labute approximate surface area is 303 Å². The van der Waals surface area contributed by atoms with Crippen molar-refractivity contribution in [3.8, 4) is 0 Å². The van der Waals surface area contributed by atoms with Gasteiger partial charge in [-0.3, -0.25) is 14.4 Å². The minimum atomic E-state index is -0.0508. The minimum Gasteiger partial charge on any atom is -0.379 e. The monoisotopic (exact) mass is 731 g/mol. The van der Waals surface area contributed by atoms with Gasteiger partial charge in [-0.05, 0) is 64.3 Å². The van der Waals surface area contributed by atoms with Crippen LogP contribution in [0.4, 0.5) is 4.79 Å². The molecule has 0 spiro atoms. The van der Waals surface area contributed by atoms with Crippen LogP contribution in [0.25, 0.3) is 0 Å². The maximum Gasteiger partial charge on any atom is 0.315 e. The third-order valence-electron chi connectivity index (χ3n) is 8.49. The number of ether oxygens (including phenoxy) is 6. The summed E-state index contributed by atoms with van der Waals surface area (Å²) in [6.07, 6.45) is 10.6. The number of amides is 2. The van der Waals surface area contributed by atoms with Crippen molar-refractivity contribution in [1.29, 1.82) is 0 Å². The normalized spacial score (nSPS) is 18.3. The highest BCUT2D eigenvalue weighted by atomic mass is 32.2. The number of hydrogen-bond donors (Lipinski definition) is 3. The highest BCUT2D eigenvalue weighted by molar-refractivity contribution is 8.00. The fourth-order valence-electron chi connectivity index (χ4n) is 5.68. The fraction of sp³-hybridized carbons (Fsp3) is 0.889. The van der Waals surface area contributed by atoms with Gasteiger partial charge in [0.2, 0.25) is 0 Å². The van der Waals surface area contributed by atoms with E-state index in [1.807, 2.05) is 11.8 Å². The number of fused-ring (bicyclic) bond motifs is 1. The van der Waals surface area contributed by atoms with E-state index in [1.54, 1.807) is 0 Å². The molecule has 0 aromatic carbocycles. The second-order valence-electron chi connectivity index (χ2n) is 12.8. The van der Waals surface area contributed by atoms with Gasteiger partial charge in [0.15, 0.2) is 0 Å². The van der Waals surface area contributed by atoms with E-state index in [4.69, 9.17) is 34.2 Å². The summed E-state index contributed by atoms with van der Waals surface area (Å²) in [5, 5.41) is 6.44. The van der Waals surface area contributed by atoms with Crippen molar-refractivity contribution in [2.45, 2.75) is 114 Å². The van der Waals surface area contributed by atoms with E-state index in [9.17, 15) is 19.2 Å². The lowest BCUT2D eigenvalue weighted by Gasteiger charge is -2.16. The Morgan fingerprint density at radius 2 is 0.980 bits per heavy atom. The molecule has 0 bridgehead atoms. The number of unbranched alkanes of at least 4 members (excludes halogenated alkanes) is 4. The summed E-state index contributed by atoms with van der Waals surface area (Å²) in [6, 6.07) is 0.446. The van der Waals surface area contributed by atoms with Gasteiger partial charge in [0, 0.05) is 63.1 Å². The molecule has 13 nitrogen and oxygen atoms in total. The first-order valence-electron chi connectivity index (χ1n) is 18.9. The van der Waals surface area contributed by atoms with Crippen LogP contribution < -0.4 is 16.4 Å². The van der Waals surface area contributed by atoms with E-state index in [2.05, 4.69) is 10.6 Å². The van der Waals surface area contributed by atoms with E-state index < -0.39 is 0 Å². The highest BCUT2D eigenvalue weighted by Gasteiger charge is 2.42. The lowest BCUT2D eigenvalue weighted by molar-refractivity contribution is -0.127. The molecule has 50 heavy (non-hydrogen) atoms. The molecule has 2 heterocycles. The zero-order valence-electron chi connectivity index (χ0n) is 30.3. The third-order valence-corrected chi connectivity index (χ3v) is 10.00. The largest absolute Gasteiger partial charge is 0.379 e. The molecule has 0 aromatic rings. The van der Waals surface area contributed by atoms with E-state index in [0.29, 0.717) is 129 Å². The van der Waals surface area contributed by atoms with E-state index in [0.717, 1.165) is 63.5 Å². The molecule has 4 N–H and O–H groups in total. The highest BCUT2D eigenvalue weighted by Crippen LogP contribution is 2.33. The van der Waals surface area contributed by atoms with Crippen LogP contribution in [0.2, 0.25) is 0 Å². The molecule has 2 amide bonds.